The van der Waals surface area contributed by atoms with Gasteiger partial charge in [-0.25, -0.2) is 0 Å². The lowest BCUT2D eigenvalue weighted by Gasteiger charge is -2.01. The van der Waals surface area contributed by atoms with E-state index in [0.29, 0.717) is 0 Å². The molecule has 0 atom stereocenters. The first-order valence-electron chi connectivity index (χ1n) is 5.51. The van der Waals surface area contributed by atoms with Gasteiger partial charge in [0.2, 0.25) is 0 Å². The van der Waals surface area contributed by atoms with Crippen molar-refractivity contribution in [2.45, 2.75) is 13.8 Å². The number of aryl methyl sites for hydroxylation is 2. The molecule has 2 rings (SSSR count). The van der Waals surface area contributed by atoms with Crippen LogP contribution in [0.5, 0.6) is 0 Å². The summed E-state index contributed by atoms with van der Waals surface area (Å²) in [5, 5.41) is 21.4. The van der Waals surface area contributed by atoms with E-state index in [1.807, 2.05) is 25.1 Å². The smallest absolute Gasteiger partial charge is 0.145 e. The van der Waals surface area contributed by atoms with Gasteiger partial charge in [0, 0.05) is 28.5 Å². The maximum absolute atomic E-state index is 8.64. The summed E-state index contributed by atoms with van der Waals surface area (Å²) in [4.78, 5) is 3.29. The van der Waals surface area contributed by atoms with Gasteiger partial charge in [-0.1, -0.05) is 0 Å². The maximum atomic E-state index is 8.64. The highest BCUT2D eigenvalue weighted by Crippen LogP contribution is 2.24. The van der Waals surface area contributed by atoms with Crippen molar-refractivity contribution in [2.75, 3.05) is 5.32 Å². The topological polar surface area (TPSA) is 75.4 Å². The molecule has 0 bridgehead atoms. The number of hydrogen-bond acceptors (Lipinski definition) is 3. The Morgan fingerprint density at radius 2 is 2.00 bits per heavy atom. The first-order chi connectivity index (χ1) is 8.65. The fraction of sp³-hybridized carbons (Fsp3) is 0.143. The molecule has 0 saturated heterocycles. The van der Waals surface area contributed by atoms with Crippen LogP contribution in [-0.4, -0.2) is 4.98 Å². The van der Waals surface area contributed by atoms with Crippen LogP contribution in [0.1, 0.15) is 11.3 Å². The first-order valence-corrected chi connectivity index (χ1v) is 5.51. The van der Waals surface area contributed by atoms with Gasteiger partial charge in [0.25, 0.3) is 0 Å². The molecule has 2 aromatic rings. The minimum absolute atomic E-state index is 0.0528. The highest BCUT2D eigenvalue weighted by atomic mass is 14.8. The second-order valence-electron chi connectivity index (χ2n) is 4.06. The zero-order valence-corrected chi connectivity index (χ0v) is 10.2. The van der Waals surface area contributed by atoms with Crippen molar-refractivity contribution in [2.24, 2.45) is 0 Å². The largest absolute Gasteiger partial charge is 0.360 e. The van der Waals surface area contributed by atoms with E-state index >= 15 is 0 Å². The summed E-state index contributed by atoms with van der Waals surface area (Å²) in [5.41, 5.74) is 4.34. The Kier molecular flexibility index (Phi) is 3.03. The third kappa shape index (κ3) is 2.05. The van der Waals surface area contributed by atoms with Gasteiger partial charge in [-0.3, -0.25) is 0 Å². The second-order valence-corrected chi connectivity index (χ2v) is 4.06. The van der Waals surface area contributed by atoms with Gasteiger partial charge in [-0.15, -0.1) is 0 Å². The number of hydrogen-bond donors (Lipinski definition) is 2. The quantitative estimate of drug-likeness (QED) is 0.786. The molecule has 88 valence electrons. The van der Waals surface area contributed by atoms with Crippen LogP contribution in [0.25, 0.3) is 10.9 Å². The summed E-state index contributed by atoms with van der Waals surface area (Å²) < 4.78 is 0. The monoisotopic (exact) mass is 236 g/mol. The van der Waals surface area contributed by atoms with Crippen molar-refractivity contribution in [3.8, 4) is 12.1 Å². The van der Waals surface area contributed by atoms with Crippen LogP contribution in [0.2, 0.25) is 0 Å². The van der Waals surface area contributed by atoms with Gasteiger partial charge in [0.1, 0.15) is 17.7 Å². The van der Waals surface area contributed by atoms with Gasteiger partial charge >= 0.3 is 0 Å². The fourth-order valence-electron chi connectivity index (χ4n) is 1.80. The van der Waals surface area contributed by atoms with E-state index in [-0.39, 0.29) is 5.57 Å². The third-order valence-electron chi connectivity index (χ3n) is 2.93. The summed E-state index contributed by atoms with van der Waals surface area (Å²) in [6, 6.07) is 9.49. The second kappa shape index (κ2) is 4.65. The maximum Gasteiger partial charge on any atom is 0.145 e. The molecule has 0 aliphatic carbocycles. The van der Waals surface area contributed by atoms with E-state index in [0.717, 1.165) is 22.3 Å². The molecule has 0 unspecified atom stereocenters. The predicted octanol–water partition coefficient (Wildman–Crippen LogP) is 3.13. The van der Waals surface area contributed by atoms with Gasteiger partial charge in [-0.05, 0) is 37.6 Å². The molecule has 18 heavy (non-hydrogen) atoms. The van der Waals surface area contributed by atoms with Crippen molar-refractivity contribution >= 4 is 16.6 Å². The fourth-order valence-corrected chi connectivity index (χ4v) is 1.80. The van der Waals surface area contributed by atoms with Gasteiger partial charge in [-0.2, -0.15) is 10.5 Å². The molecule has 1 aromatic carbocycles. The average molecular weight is 236 g/mol. The third-order valence-corrected chi connectivity index (χ3v) is 2.93. The normalized spacial score (nSPS) is 9.56. The van der Waals surface area contributed by atoms with E-state index in [2.05, 4.69) is 17.2 Å². The molecule has 0 radical (unpaired) electrons. The Morgan fingerprint density at radius 1 is 1.28 bits per heavy atom. The zero-order valence-electron chi connectivity index (χ0n) is 10.2. The van der Waals surface area contributed by atoms with Crippen LogP contribution in [0, 0.1) is 36.5 Å². The van der Waals surface area contributed by atoms with Crippen LogP contribution in [-0.2, 0) is 0 Å². The SMILES string of the molecule is Cc1[nH]c2ccc(NC=C(C#N)C#N)cc2c1C. The molecule has 2 N–H and O–H groups in total. The summed E-state index contributed by atoms with van der Waals surface area (Å²) in [7, 11) is 0. The molecule has 0 amide bonds. The number of fused-ring (bicyclic) bond motifs is 1. The van der Waals surface area contributed by atoms with Crippen molar-refractivity contribution in [3.63, 3.8) is 0 Å². The van der Waals surface area contributed by atoms with E-state index in [9.17, 15) is 0 Å². The van der Waals surface area contributed by atoms with Crippen LogP contribution in [0.4, 0.5) is 5.69 Å². The molecule has 0 spiro atoms. The van der Waals surface area contributed by atoms with Crippen molar-refractivity contribution in [3.05, 3.63) is 41.2 Å². The number of nitrogens with one attached hydrogen (secondary N) is 2. The number of H-pyrrole nitrogens is 1. The Balaban J connectivity index is 2.37. The molecule has 4 nitrogen and oxygen atoms in total. The molecular weight excluding hydrogens is 224 g/mol. The summed E-state index contributed by atoms with van der Waals surface area (Å²) >= 11 is 0. The zero-order chi connectivity index (χ0) is 13.1. The predicted molar refractivity (Wildman–Crippen MR) is 70.7 cm³/mol. The Bertz CT molecular complexity index is 692. The summed E-state index contributed by atoms with van der Waals surface area (Å²) in [6.07, 6.45) is 1.41. The number of benzene rings is 1. The number of nitriles is 2. The van der Waals surface area contributed by atoms with Gasteiger partial charge in [0.15, 0.2) is 0 Å². The number of aromatic nitrogens is 1. The summed E-state index contributed by atoms with van der Waals surface area (Å²) in [6.45, 7) is 4.09. The lowest BCUT2D eigenvalue weighted by molar-refractivity contribution is 1.25. The standard InChI is InChI=1S/C14H12N4/c1-9-10(2)18-14-4-3-12(5-13(9)14)17-8-11(6-15)7-16/h3-5,8,17-18H,1-2H3. The van der Waals surface area contributed by atoms with E-state index < -0.39 is 0 Å². The number of nitrogens with zero attached hydrogens (tertiary/aromatic N) is 2. The molecule has 0 fully saturated rings. The Labute approximate surface area is 105 Å². The number of anilines is 1. The minimum atomic E-state index is 0.0528. The average Bonchev–Trinajstić information content (AvgIpc) is 2.67. The lowest BCUT2D eigenvalue weighted by Crippen LogP contribution is -1.89. The number of aromatic amines is 1. The van der Waals surface area contributed by atoms with Crippen LogP contribution >= 0.6 is 0 Å². The lowest BCUT2D eigenvalue weighted by atomic mass is 10.1. The highest BCUT2D eigenvalue weighted by molar-refractivity contribution is 5.87. The van der Waals surface area contributed by atoms with Crippen LogP contribution < -0.4 is 5.32 Å². The molecule has 0 aliphatic heterocycles. The van der Waals surface area contributed by atoms with Crippen molar-refractivity contribution in [1.82, 2.24) is 4.98 Å². The molecule has 0 saturated carbocycles. The van der Waals surface area contributed by atoms with Crippen LogP contribution in [0.15, 0.2) is 30.0 Å². The van der Waals surface area contributed by atoms with E-state index in [4.69, 9.17) is 10.5 Å². The summed E-state index contributed by atoms with van der Waals surface area (Å²) in [5.74, 6) is 0. The van der Waals surface area contributed by atoms with Gasteiger partial charge in [0.05, 0.1) is 0 Å². The van der Waals surface area contributed by atoms with Crippen molar-refractivity contribution < 1.29 is 0 Å². The molecule has 1 aromatic heterocycles. The number of rotatable bonds is 2. The molecule has 4 heteroatoms. The molecule has 1 heterocycles. The van der Waals surface area contributed by atoms with E-state index in [1.165, 1.54) is 11.8 Å². The van der Waals surface area contributed by atoms with Crippen LogP contribution in [0.3, 0.4) is 0 Å². The first kappa shape index (κ1) is 11.8. The van der Waals surface area contributed by atoms with E-state index in [1.54, 1.807) is 12.1 Å². The minimum Gasteiger partial charge on any atom is -0.360 e. The Morgan fingerprint density at radius 3 is 2.67 bits per heavy atom. The molecular formula is C14H12N4. The number of allylic oxidation sites excluding steroid dienone is 1. The van der Waals surface area contributed by atoms with Crippen molar-refractivity contribution in [1.29, 1.82) is 10.5 Å². The van der Waals surface area contributed by atoms with Gasteiger partial charge < -0.3 is 10.3 Å². The Hall–Kier alpha value is -2.72. The highest BCUT2D eigenvalue weighted by Gasteiger charge is 2.04. The molecule has 0 aliphatic rings.